The molecular weight excluding hydrogens is 396 g/mol. The van der Waals surface area contributed by atoms with Crippen molar-refractivity contribution in [2.45, 2.75) is 49.7 Å². The minimum absolute atomic E-state index is 0.0811. The van der Waals surface area contributed by atoms with Crippen LogP contribution in [0, 0.1) is 6.92 Å². The lowest BCUT2D eigenvalue weighted by atomic mass is 9.79. The third-order valence-electron chi connectivity index (χ3n) is 6.39. The Morgan fingerprint density at radius 3 is 2.73 bits per heavy atom. The maximum absolute atomic E-state index is 12.7. The first-order valence-corrected chi connectivity index (χ1v) is 12.0. The van der Waals surface area contributed by atoms with Crippen LogP contribution in [-0.4, -0.2) is 64.5 Å². The number of amides is 1. The summed E-state index contributed by atoms with van der Waals surface area (Å²) >= 11 is 1.49. The second kappa shape index (κ2) is 9.98. The van der Waals surface area contributed by atoms with Crippen LogP contribution < -0.4 is 5.32 Å². The van der Waals surface area contributed by atoms with E-state index in [0.29, 0.717) is 5.75 Å². The van der Waals surface area contributed by atoms with Crippen molar-refractivity contribution >= 4 is 17.7 Å². The lowest BCUT2D eigenvalue weighted by Crippen LogP contribution is -2.59. The number of ether oxygens (including phenoxy) is 1. The molecule has 1 aliphatic heterocycles. The maximum atomic E-state index is 12.7. The average molecular weight is 429 g/mol. The number of hydrogen-bond acceptors (Lipinski definition) is 5. The highest BCUT2D eigenvalue weighted by atomic mass is 32.2. The molecule has 1 saturated heterocycles. The summed E-state index contributed by atoms with van der Waals surface area (Å²) in [6.07, 6.45) is 9.87. The Hall–Kier alpha value is -1.83. The van der Waals surface area contributed by atoms with Gasteiger partial charge in [-0.1, -0.05) is 49.2 Å². The number of thioether (sulfide) groups is 1. The van der Waals surface area contributed by atoms with Crippen LogP contribution in [-0.2, 0) is 9.53 Å². The Labute approximate surface area is 183 Å². The fourth-order valence-corrected chi connectivity index (χ4v) is 5.51. The molecule has 0 spiro atoms. The van der Waals surface area contributed by atoms with Gasteiger partial charge in [0, 0.05) is 37.6 Å². The summed E-state index contributed by atoms with van der Waals surface area (Å²) in [6.45, 7) is 6.36. The lowest BCUT2D eigenvalue weighted by Gasteiger charge is -2.48. The van der Waals surface area contributed by atoms with Crippen LogP contribution in [0.4, 0.5) is 0 Å². The van der Waals surface area contributed by atoms with Crippen LogP contribution >= 0.6 is 11.8 Å². The van der Waals surface area contributed by atoms with Crippen LogP contribution in [0.5, 0.6) is 0 Å². The summed E-state index contributed by atoms with van der Waals surface area (Å²) in [5.41, 5.74) is 2.39. The molecule has 1 aromatic carbocycles. The van der Waals surface area contributed by atoms with Crippen LogP contribution in [0.3, 0.4) is 0 Å². The molecule has 6 nitrogen and oxygen atoms in total. The number of morpholine rings is 1. The molecule has 0 radical (unpaired) electrons. The number of carbonyl (C=O) groups is 1. The minimum atomic E-state index is 0.0811. The predicted molar refractivity (Wildman–Crippen MR) is 120 cm³/mol. The molecule has 4 rings (SSSR count). The number of carbonyl (C=O) groups excluding carboxylic acids is 1. The Morgan fingerprint density at radius 2 is 1.97 bits per heavy atom. The first-order chi connectivity index (χ1) is 14.7. The van der Waals surface area contributed by atoms with E-state index in [1.165, 1.54) is 36.6 Å². The number of nitrogens with zero attached hydrogens (tertiary/aromatic N) is 3. The molecule has 162 valence electrons. The zero-order valence-electron chi connectivity index (χ0n) is 17.8. The van der Waals surface area contributed by atoms with Gasteiger partial charge in [-0.15, -0.1) is 0 Å². The van der Waals surface area contributed by atoms with Crippen molar-refractivity contribution in [3.8, 4) is 5.69 Å². The van der Waals surface area contributed by atoms with Crippen LogP contribution in [0.25, 0.3) is 5.69 Å². The topological polar surface area (TPSA) is 59.4 Å². The van der Waals surface area contributed by atoms with E-state index in [4.69, 9.17) is 4.74 Å². The molecule has 0 bridgehead atoms. The van der Waals surface area contributed by atoms with E-state index in [0.717, 1.165) is 56.5 Å². The molecular formula is C23H32N4O2S. The Bertz CT molecular complexity index is 841. The average Bonchev–Trinajstić information content (AvgIpc) is 3.26. The van der Waals surface area contributed by atoms with Crippen molar-refractivity contribution in [3.05, 3.63) is 42.2 Å². The second-order valence-electron chi connectivity index (χ2n) is 8.32. The normalized spacial score (nSPS) is 19.5. The molecule has 1 aliphatic carbocycles. The Balaban J connectivity index is 1.35. The van der Waals surface area contributed by atoms with Crippen molar-refractivity contribution in [2.75, 3.05) is 38.6 Å². The van der Waals surface area contributed by atoms with Crippen LogP contribution in [0.1, 0.15) is 37.7 Å². The standard InChI is InChI=1S/C23H32N4O2S/c1-19-7-3-4-8-20(19)27-12-11-24-22(27)30-17-21(28)25-18-23(9-5-2-6-10-23)26-13-15-29-16-14-26/h3-4,7-8,11-12H,2,5-6,9-10,13-18H2,1H3,(H,25,28). The molecule has 2 aliphatic rings. The van der Waals surface area contributed by atoms with E-state index in [1.807, 2.05) is 18.3 Å². The van der Waals surface area contributed by atoms with Crippen molar-refractivity contribution in [2.24, 2.45) is 0 Å². The first-order valence-electron chi connectivity index (χ1n) is 11.0. The number of nitrogens with one attached hydrogen (secondary N) is 1. The van der Waals surface area contributed by atoms with Gasteiger partial charge < -0.3 is 10.1 Å². The fourth-order valence-electron chi connectivity index (χ4n) is 4.71. The summed E-state index contributed by atoms with van der Waals surface area (Å²) in [4.78, 5) is 19.7. The third-order valence-corrected chi connectivity index (χ3v) is 7.36. The minimum Gasteiger partial charge on any atom is -0.379 e. The number of aromatic nitrogens is 2. The molecule has 1 amide bonds. The molecule has 2 heterocycles. The van der Waals surface area contributed by atoms with Gasteiger partial charge in [0.2, 0.25) is 5.91 Å². The molecule has 1 saturated carbocycles. The summed E-state index contributed by atoms with van der Waals surface area (Å²) in [7, 11) is 0. The molecule has 2 aromatic rings. The Morgan fingerprint density at radius 1 is 1.20 bits per heavy atom. The van der Waals surface area contributed by atoms with Gasteiger partial charge in [0.25, 0.3) is 0 Å². The molecule has 0 unspecified atom stereocenters. The molecule has 0 atom stereocenters. The van der Waals surface area contributed by atoms with E-state index in [1.54, 1.807) is 6.20 Å². The summed E-state index contributed by atoms with van der Waals surface area (Å²) in [5, 5.41) is 4.09. The van der Waals surface area contributed by atoms with Gasteiger partial charge in [0.15, 0.2) is 5.16 Å². The zero-order chi connectivity index (χ0) is 20.8. The quantitative estimate of drug-likeness (QED) is 0.685. The van der Waals surface area contributed by atoms with Gasteiger partial charge >= 0.3 is 0 Å². The maximum Gasteiger partial charge on any atom is 0.230 e. The summed E-state index contributed by atoms with van der Waals surface area (Å²) in [6, 6.07) is 8.23. The number of hydrogen-bond donors (Lipinski definition) is 1. The van der Waals surface area contributed by atoms with E-state index in [2.05, 4.69) is 38.8 Å². The van der Waals surface area contributed by atoms with Gasteiger partial charge in [-0.05, 0) is 31.4 Å². The monoisotopic (exact) mass is 428 g/mol. The van der Waals surface area contributed by atoms with Crippen LogP contribution in [0.2, 0.25) is 0 Å². The number of aryl methyl sites for hydroxylation is 1. The number of imidazole rings is 1. The van der Waals surface area contributed by atoms with Gasteiger partial charge in [-0.25, -0.2) is 4.98 Å². The fraction of sp³-hybridized carbons (Fsp3) is 0.565. The number of rotatable bonds is 7. The molecule has 2 fully saturated rings. The first kappa shape index (κ1) is 21.4. The molecule has 7 heteroatoms. The molecule has 1 N–H and O–H groups in total. The zero-order valence-corrected chi connectivity index (χ0v) is 18.6. The van der Waals surface area contributed by atoms with Gasteiger partial charge in [0.1, 0.15) is 0 Å². The van der Waals surface area contributed by atoms with Crippen LogP contribution in [0.15, 0.2) is 41.8 Å². The SMILES string of the molecule is Cc1ccccc1-n1ccnc1SCC(=O)NCC1(N2CCOCC2)CCCCC1. The van der Waals surface area contributed by atoms with E-state index >= 15 is 0 Å². The highest BCUT2D eigenvalue weighted by Crippen LogP contribution is 2.34. The molecule has 1 aromatic heterocycles. The van der Waals surface area contributed by atoms with E-state index in [9.17, 15) is 4.79 Å². The number of benzene rings is 1. The van der Waals surface area contributed by atoms with Crippen molar-refractivity contribution in [3.63, 3.8) is 0 Å². The largest absolute Gasteiger partial charge is 0.379 e. The van der Waals surface area contributed by atoms with Gasteiger partial charge in [-0.2, -0.15) is 0 Å². The summed E-state index contributed by atoms with van der Waals surface area (Å²) in [5.74, 6) is 0.458. The van der Waals surface area contributed by atoms with E-state index in [-0.39, 0.29) is 11.4 Å². The highest BCUT2D eigenvalue weighted by Gasteiger charge is 2.38. The van der Waals surface area contributed by atoms with Gasteiger partial charge in [0.05, 0.1) is 24.7 Å². The van der Waals surface area contributed by atoms with E-state index < -0.39 is 0 Å². The van der Waals surface area contributed by atoms with Crippen molar-refractivity contribution in [1.82, 2.24) is 19.8 Å². The molecule has 30 heavy (non-hydrogen) atoms. The second-order valence-corrected chi connectivity index (χ2v) is 9.26. The highest BCUT2D eigenvalue weighted by molar-refractivity contribution is 7.99. The summed E-state index contributed by atoms with van der Waals surface area (Å²) < 4.78 is 7.61. The van der Waals surface area contributed by atoms with Crippen molar-refractivity contribution in [1.29, 1.82) is 0 Å². The Kier molecular flexibility index (Phi) is 7.12. The van der Waals surface area contributed by atoms with Gasteiger partial charge in [-0.3, -0.25) is 14.3 Å². The third kappa shape index (κ3) is 4.90. The number of para-hydroxylation sites is 1. The van der Waals surface area contributed by atoms with Crippen molar-refractivity contribution < 1.29 is 9.53 Å². The smallest absolute Gasteiger partial charge is 0.230 e. The lowest BCUT2D eigenvalue weighted by molar-refractivity contribution is -0.119. The predicted octanol–water partition coefficient (Wildman–Crippen LogP) is 3.42.